The Hall–Kier alpha value is -2.41. The van der Waals surface area contributed by atoms with Crippen LogP contribution in [0.1, 0.15) is 88.2 Å². The molecule has 6 heteroatoms. The van der Waals surface area contributed by atoms with Gasteiger partial charge < -0.3 is 23.7 Å². The van der Waals surface area contributed by atoms with Crippen molar-refractivity contribution in [3.63, 3.8) is 0 Å². The molecule has 2 aromatic carbocycles. The third-order valence-electron chi connectivity index (χ3n) is 9.77. The molecule has 0 N–H and O–H groups in total. The van der Waals surface area contributed by atoms with Crippen LogP contribution >= 0.6 is 0 Å². The molecular formula is C34H44O6. The largest absolute Gasteiger partial charge is 0.468 e. The molecule has 216 valence electrons. The van der Waals surface area contributed by atoms with Gasteiger partial charge in [0.1, 0.15) is 35.7 Å². The van der Waals surface area contributed by atoms with Crippen LogP contribution in [0.15, 0.2) is 48.5 Å². The lowest BCUT2D eigenvalue weighted by Gasteiger charge is -2.26. The molecule has 0 unspecified atom stereocenters. The molecule has 2 aliphatic heterocycles. The van der Waals surface area contributed by atoms with Crippen molar-refractivity contribution in [1.82, 2.24) is 0 Å². The SMILES string of the molecule is CC1CCC(c2ccc(OCO[C@H]3CO[C@H]4[C@@H]3OC[C@H]4C(=O)Oc3ccc([C@H]4CC[C@H](C)CC4)cc3)cc2)CC1. The summed E-state index contributed by atoms with van der Waals surface area (Å²) in [6.45, 7) is 5.45. The van der Waals surface area contributed by atoms with Crippen LogP contribution in [0, 0.1) is 17.8 Å². The van der Waals surface area contributed by atoms with Crippen molar-refractivity contribution >= 4 is 5.97 Å². The number of fused-ring (bicyclic) bond motifs is 1. The molecule has 0 spiro atoms. The average molecular weight is 549 g/mol. The maximum absolute atomic E-state index is 13.0. The fraction of sp³-hybridized carbons (Fsp3) is 0.618. The van der Waals surface area contributed by atoms with Crippen LogP contribution in [0.3, 0.4) is 0 Å². The highest BCUT2D eigenvalue weighted by Crippen LogP contribution is 2.38. The lowest BCUT2D eigenvalue weighted by atomic mass is 9.79. The molecule has 4 aliphatic rings. The Morgan fingerprint density at radius 1 is 0.700 bits per heavy atom. The Morgan fingerprint density at radius 2 is 1.23 bits per heavy atom. The van der Waals surface area contributed by atoms with Gasteiger partial charge in [0.25, 0.3) is 0 Å². The summed E-state index contributed by atoms with van der Waals surface area (Å²) in [5, 5.41) is 0. The van der Waals surface area contributed by atoms with Crippen LogP contribution in [-0.4, -0.2) is 44.3 Å². The predicted octanol–water partition coefficient (Wildman–Crippen LogP) is 7.01. The van der Waals surface area contributed by atoms with Gasteiger partial charge in [0.05, 0.1) is 13.2 Å². The molecule has 2 saturated heterocycles. The van der Waals surface area contributed by atoms with Gasteiger partial charge in [-0.05, 0) is 84.7 Å². The van der Waals surface area contributed by atoms with E-state index in [9.17, 15) is 4.79 Å². The summed E-state index contributed by atoms with van der Waals surface area (Å²) in [4.78, 5) is 13.0. The van der Waals surface area contributed by atoms with Crippen LogP contribution < -0.4 is 9.47 Å². The fourth-order valence-corrected chi connectivity index (χ4v) is 7.02. The summed E-state index contributed by atoms with van der Waals surface area (Å²) in [6.07, 6.45) is 9.29. The first-order valence-electron chi connectivity index (χ1n) is 15.4. The van der Waals surface area contributed by atoms with Crippen LogP contribution in [0.4, 0.5) is 0 Å². The highest BCUT2D eigenvalue weighted by Gasteiger charge is 2.51. The number of benzene rings is 2. The molecule has 4 atom stereocenters. The zero-order valence-corrected chi connectivity index (χ0v) is 24.0. The number of rotatable bonds is 8. The number of ether oxygens (including phenoxy) is 5. The smallest absolute Gasteiger partial charge is 0.319 e. The van der Waals surface area contributed by atoms with Gasteiger partial charge in [-0.2, -0.15) is 0 Å². The van der Waals surface area contributed by atoms with Gasteiger partial charge in [-0.25, -0.2) is 0 Å². The van der Waals surface area contributed by atoms with Crippen LogP contribution in [0.5, 0.6) is 11.5 Å². The first-order chi connectivity index (χ1) is 19.5. The van der Waals surface area contributed by atoms with Crippen molar-refractivity contribution in [1.29, 1.82) is 0 Å². The lowest BCUT2D eigenvalue weighted by Crippen LogP contribution is -2.35. The molecule has 0 aromatic heterocycles. The second kappa shape index (κ2) is 12.6. The van der Waals surface area contributed by atoms with E-state index in [2.05, 4.69) is 38.1 Å². The molecule has 2 aliphatic carbocycles. The Labute approximate surface area is 238 Å². The zero-order chi connectivity index (χ0) is 27.5. The molecule has 6 rings (SSSR count). The van der Waals surface area contributed by atoms with E-state index in [1.54, 1.807) is 0 Å². The van der Waals surface area contributed by atoms with E-state index < -0.39 is 5.92 Å². The number of hydrogen-bond donors (Lipinski definition) is 0. The summed E-state index contributed by atoms with van der Waals surface area (Å²) < 4.78 is 29.5. The van der Waals surface area contributed by atoms with Crippen molar-refractivity contribution in [2.24, 2.45) is 17.8 Å². The summed E-state index contributed by atoms with van der Waals surface area (Å²) in [7, 11) is 0. The van der Waals surface area contributed by atoms with Crippen molar-refractivity contribution in [2.75, 3.05) is 20.0 Å². The van der Waals surface area contributed by atoms with E-state index in [1.807, 2.05) is 24.3 Å². The number of hydrogen-bond acceptors (Lipinski definition) is 6. The zero-order valence-electron chi connectivity index (χ0n) is 24.0. The molecule has 40 heavy (non-hydrogen) atoms. The maximum Gasteiger partial charge on any atom is 0.319 e. The monoisotopic (exact) mass is 548 g/mol. The van der Waals surface area contributed by atoms with Crippen molar-refractivity contribution in [3.8, 4) is 11.5 Å². The summed E-state index contributed by atoms with van der Waals surface area (Å²) in [5.41, 5.74) is 2.74. The van der Waals surface area contributed by atoms with E-state index >= 15 is 0 Å². The van der Waals surface area contributed by atoms with Crippen molar-refractivity contribution in [2.45, 2.75) is 95.4 Å². The summed E-state index contributed by atoms with van der Waals surface area (Å²) >= 11 is 0. The second-order valence-electron chi connectivity index (χ2n) is 12.6. The molecule has 0 amide bonds. The first-order valence-corrected chi connectivity index (χ1v) is 15.4. The van der Waals surface area contributed by atoms with Gasteiger partial charge >= 0.3 is 5.97 Å². The van der Waals surface area contributed by atoms with E-state index in [0.29, 0.717) is 24.2 Å². The van der Waals surface area contributed by atoms with Gasteiger partial charge in [-0.15, -0.1) is 0 Å². The molecule has 0 bridgehead atoms. The molecule has 2 heterocycles. The third-order valence-corrected chi connectivity index (χ3v) is 9.77. The maximum atomic E-state index is 13.0. The summed E-state index contributed by atoms with van der Waals surface area (Å²) in [5.74, 6) is 3.56. The number of esters is 1. The molecule has 4 fully saturated rings. The van der Waals surface area contributed by atoms with Gasteiger partial charge in [0.2, 0.25) is 0 Å². The molecule has 2 aromatic rings. The topological polar surface area (TPSA) is 63.2 Å². The van der Waals surface area contributed by atoms with Crippen molar-refractivity contribution in [3.05, 3.63) is 59.7 Å². The first kappa shape index (κ1) is 27.7. The molecule has 0 radical (unpaired) electrons. The predicted molar refractivity (Wildman–Crippen MR) is 153 cm³/mol. The van der Waals surface area contributed by atoms with E-state index in [4.69, 9.17) is 23.7 Å². The minimum Gasteiger partial charge on any atom is -0.468 e. The Kier molecular flexibility index (Phi) is 8.76. The molecular weight excluding hydrogens is 504 g/mol. The van der Waals surface area contributed by atoms with E-state index in [1.165, 1.54) is 62.5 Å². The van der Waals surface area contributed by atoms with Gasteiger partial charge in [-0.3, -0.25) is 4.79 Å². The van der Waals surface area contributed by atoms with E-state index in [-0.39, 0.29) is 37.7 Å². The normalized spacial score (nSPS) is 33.9. The highest BCUT2D eigenvalue weighted by atomic mass is 16.7. The Balaban J connectivity index is 0.946. The quantitative estimate of drug-likeness (QED) is 0.201. The van der Waals surface area contributed by atoms with Crippen molar-refractivity contribution < 1.29 is 28.5 Å². The van der Waals surface area contributed by atoms with E-state index in [0.717, 1.165) is 17.6 Å². The number of carbonyl (C=O) groups excluding carboxylic acids is 1. The van der Waals surface area contributed by atoms with Gasteiger partial charge in [0, 0.05) is 0 Å². The van der Waals surface area contributed by atoms with Crippen LogP contribution in [0.2, 0.25) is 0 Å². The van der Waals surface area contributed by atoms with Crippen LogP contribution in [-0.2, 0) is 19.0 Å². The minimum absolute atomic E-state index is 0.113. The fourth-order valence-electron chi connectivity index (χ4n) is 7.02. The minimum atomic E-state index is -0.464. The highest BCUT2D eigenvalue weighted by molar-refractivity contribution is 5.76. The standard InChI is InChI=1S/C34H44O6/c1-22-3-7-24(8-4-22)26-11-15-28(16-12-26)38-21-39-31-20-37-32-30(19-36-33(31)32)34(35)40-29-17-13-27(14-18-29)25-9-5-23(2)6-10-25/h11-18,22-25,30-33H,3-10,19-21H2,1-2H3/t22?,23-,24?,25-,30-,31+,32-,33-/m1/s1. The Bertz CT molecular complexity index is 1100. The molecule has 6 nitrogen and oxygen atoms in total. The second-order valence-corrected chi connectivity index (χ2v) is 12.6. The lowest BCUT2D eigenvalue weighted by molar-refractivity contribution is -0.142. The van der Waals surface area contributed by atoms with Gasteiger partial charge in [-0.1, -0.05) is 63.8 Å². The Morgan fingerprint density at radius 3 is 1.80 bits per heavy atom. The molecule has 2 saturated carbocycles. The van der Waals surface area contributed by atoms with Crippen LogP contribution in [0.25, 0.3) is 0 Å². The third kappa shape index (κ3) is 6.40. The average Bonchev–Trinajstić information content (AvgIpc) is 3.58. The van der Waals surface area contributed by atoms with Gasteiger partial charge in [0.15, 0.2) is 6.79 Å². The summed E-state index contributed by atoms with van der Waals surface area (Å²) in [6, 6.07) is 16.5. The number of carbonyl (C=O) groups is 1.